The molecule has 0 unspecified atom stereocenters. The summed E-state index contributed by atoms with van der Waals surface area (Å²) in [6.45, 7) is 1.85. The van der Waals surface area contributed by atoms with Crippen LogP contribution < -0.4 is 0 Å². The number of imidazole rings is 1. The van der Waals surface area contributed by atoms with Gasteiger partial charge >= 0.3 is 0 Å². The first-order valence-electron chi connectivity index (χ1n) is 5.43. The molecule has 0 radical (unpaired) electrons. The third kappa shape index (κ3) is 1.65. The van der Waals surface area contributed by atoms with Crippen molar-refractivity contribution in [2.24, 2.45) is 0 Å². The topological polar surface area (TPSA) is 67.4 Å². The summed E-state index contributed by atoms with van der Waals surface area (Å²) in [7, 11) is 0. The SMILES string of the molecule is Cc1nsc(-n2c(CC#N)nc3ccccc32)n1. The Morgan fingerprint density at radius 2 is 2.17 bits per heavy atom. The van der Waals surface area contributed by atoms with Crippen molar-refractivity contribution < 1.29 is 0 Å². The van der Waals surface area contributed by atoms with Crippen molar-refractivity contribution in [3.05, 3.63) is 35.9 Å². The predicted molar refractivity (Wildman–Crippen MR) is 68.6 cm³/mol. The lowest BCUT2D eigenvalue weighted by atomic mass is 10.3. The van der Waals surface area contributed by atoms with Gasteiger partial charge in [0.25, 0.3) is 0 Å². The Balaban J connectivity index is 2.31. The fraction of sp³-hybridized carbons (Fsp3) is 0.167. The van der Waals surface area contributed by atoms with Crippen LogP contribution in [0.15, 0.2) is 24.3 Å². The molecule has 5 nitrogen and oxygen atoms in total. The minimum atomic E-state index is 0.257. The lowest BCUT2D eigenvalue weighted by molar-refractivity contribution is 0.935. The molecule has 0 aliphatic rings. The zero-order valence-electron chi connectivity index (χ0n) is 9.66. The second kappa shape index (κ2) is 4.20. The molecule has 0 N–H and O–H groups in total. The van der Waals surface area contributed by atoms with Gasteiger partial charge in [-0.3, -0.25) is 4.57 Å². The van der Waals surface area contributed by atoms with Crippen molar-refractivity contribution in [3.63, 3.8) is 0 Å². The van der Waals surface area contributed by atoms with E-state index in [9.17, 15) is 0 Å². The molecule has 88 valence electrons. The second-order valence-corrected chi connectivity index (χ2v) is 4.54. The zero-order chi connectivity index (χ0) is 12.5. The quantitative estimate of drug-likeness (QED) is 0.704. The van der Waals surface area contributed by atoms with Crippen LogP contribution in [0, 0.1) is 18.3 Å². The number of rotatable bonds is 2. The van der Waals surface area contributed by atoms with Crippen molar-refractivity contribution in [2.45, 2.75) is 13.3 Å². The molecule has 0 amide bonds. The maximum Gasteiger partial charge on any atom is 0.215 e. The molecule has 0 atom stereocenters. The van der Waals surface area contributed by atoms with Gasteiger partial charge in [0.2, 0.25) is 5.13 Å². The van der Waals surface area contributed by atoms with E-state index in [-0.39, 0.29) is 6.42 Å². The lowest BCUT2D eigenvalue weighted by Gasteiger charge is -2.01. The number of hydrogen-bond acceptors (Lipinski definition) is 5. The minimum absolute atomic E-state index is 0.257. The van der Waals surface area contributed by atoms with Gasteiger partial charge in [-0.05, 0) is 19.1 Å². The smallest absolute Gasteiger partial charge is 0.215 e. The summed E-state index contributed by atoms with van der Waals surface area (Å²) in [5, 5.41) is 9.64. The van der Waals surface area contributed by atoms with Crippen LogP contribution in [0.4, 0.5) is 0 Å². The second-order valence-electron chi connectivity index (χ2n) is 3.81. The van der Waals surface area contributed by atoms with Crippen molar-refractivity contribution in [3.8, 4) is 11.2 Å². The van der Waals surface area contributed by atoms with E-state index in [2.05, 4.69) is 20.4 Å². The number of hydrogen-bond donors (Lipinski definition) is 0. The Morgan fingerprint density at radius 3 is 2.89 bits per heavy atom. The molecule has 0 fully saturated rings. The number of nitriles is 1. The van der Waals surface area contributed by atoms with Crippen LogP contribution in [-0.2, 0) is 6.42 Å². The monoisotopic (exact) mass is 255 g/mol. The third-order valence-corrected chi connectivity index (χ3v) is 3.37. The average molecular weight is 255 g/mol. The van der Waals surface area contributed by atoms with Crippen LogP contribution in [0.25, 0.3) is 16.2 Å². The number of aromatic nitrogens is 4. The van der Waals surface area contributed by atoms with E-state index in [0.29, 0.717) is 5.82 Å². The Bertz CT molecular complexity index is 749. The van der Waals surface area contributed by atoms with Crippen molar-refractivity contribution in [1.29, 1.82) is 5.26 Å². The summed E-state index contributed by atoms with van der Waals surface area (Å²) in [6, 6.07) is 9.92. The van der Waals surface area contributed by atoms with Gasteiger partial charge in [-0.25, -0.2) is 9.97 Å². The highest BCUT2D eigenvalue weighted by molar-refractivity contribution is 7.08. The maximum absolute atomic E-state index is 8.89. The highest BCUT2D eigenvalue weighted by Crippen LogP contribution is 2.22. The molecule has 0 bridgehead atoms. The molecular weight excluding hydrogens is 246 g/mol. The van der Waals surface area contributed by atoms with E-state index in [1.165, 1.54) is 11.5 Å². The molecule has 2 heterocycles. The van der Waals surface area contributed by atoms with Gasteiger partial charge in [0.15, 0.2) is 0 Å². The third-order valence-electron chi connectivity index (χ3n) is 2.58. The molecule has 2 aromatic heterocycles. The Morgan fingerprint density at radius 1 is 1.33 bits per heavy atom. The first kappa shape index (κ1) is 10.9. The van der Waals surface area contributed by atoms with E-state index >= 15 is 0 Å². The fourth-order valence-electron chi connectivity index (χ4n) is 1.86. The van der Waals surface area contributed by atoms with Crippen LogP contribution >= 0.6 is 11.5 Å². The summed E-state index contributed by atoms with van der Waals surface area (Å²) in [5.41, 5.74) is 1.83. The van der Waals surface area contributed by atoms with Gasteiger partial charge in [0, 0.05) is 11.5 Å². The first-order chi connectivity index (χ1) is 8.79. The number of fused-ring (bicyclic) bond motifs is 1. The van der Waals surface area contributed by atoms with Crippen LogP contribution in [0.3, 0.4) is 0 Å². The summed E-state index contributed by atoms with van der Waals surface area (Å²) in [6.07, 6.45) is 0.257. The molecule has 3 rings (SSSR count). The molecule has 0 saturated heterocycles. The van der Waals surface area contributed by atoms with Gasteiger partial charge in [0.1, 0.15) is 11.6 Å². The molecule has 0 saturated carbocycles. The standard InChI is InChI=1S/C12H9N5S/c1-8-14-12(18-16-8)17-10-5-3-2-4-9(10)15-11(17)6-7-13/h2-5H,6H2,1H3. The van der Waals surface area contributed by atoms with E-state index in [4.69, 9.17) is 5.26 Å². The largest absolute Gasteiger partial charge is 0.269 e. The van der Waals surface area contributed by atoms with Crippen molar-refractivity contribution in [1.82, 2.24) is 18.9 Å². The maximum atomic E-state index is 8.89. The van der Waals surface area contributed by atoms with Crippen LogP contribution in [0.5, 0.6) is 0 Å². The fourth-order valence-corrected chi connectivity index (χ4v) is 2.57. The van der Waals surface area contributed by atoms with Gasteiger partial charge in [0.05, 0.1) is 23.5 Å². The molecule has 6 heteroatoms. The van der Waals surface area contributed by atoms with Crippen molar-refractivity contribution >= 4 is 22.6 Å². The molecule has 0 aliphatic heterocycles. The van der Waals surface area contributed by atoms with E-state index in [0.717, 1.165) is 22.0 Å². The van der Waals surface area contributed by atoms with Gasteiger partial charge < -0.3 is 0 Å². The molecule has 18 heavy (non-hydrogen) atoms. The molecule has 3 aromatic rings. The van der Waals surface area contributed by atoms with Crippen LogP contribution in [0.2, 0.25) is 0 Å². The van der Waals surface area contributed by atoms with E-state index in [1.54, 1.807) is 0 Å². The molecule has 1 aromatic carbocycles. The first-order valence-corrected chi connectivity index (χ1v) is 6.21. The van der Waals surface area contributed by atoms with E-state index in [1.807, 2.05) is 35.8 Å². The number of para-hydroxylation sites is 2. The summed E-state index contributed by atoms with van der Waals surface area (Å²) in [5.74, 6) is 1.44. The van der Waals surface area contributed by atoms with Gasteiger partial charge in [-0.2, -0.15) is 9.64 Å². The van der Waals surface area contributed by atoms with Crippen molar-refractivity contribution in [2.75, 3.05) is 0 Å². The van der Waals surface area contributed by atoms with Crippen LogP contribution in [0.1, 0.15) is 11.6 Å². The summed E-state index contributed by atoms with van der Waals surface area (Å²) >= 11 is 1.31. The van der Waals surface area contributed by atoms with Gasteiger partial charge in [-0.15, -0.1) is 0 Å². The summed E-state index contributed by atoms with van der Waals surface area (Å²) in [4.78, 5) is 8.83. The average Bonchev–Trinajstić information content (AvgIpc) is 2.92. The van der Waals surface area contributed by atoms with Crippen LogP contribution in [-0.4, -0.2) is 18.9 Å². The number of benzene rings is 1. The molecule has 0 aliphatic carbocycles. The zero-order valence-corrected chi connectivity index (χ0v) is 10.5. The van der Waals surface area contributed by atoms with Gasteiger partial charge in [-0.1, -0.05) is 12.1 Å². The molecule has 0 spiro atoms. The Kier molecular flexibility index (Phi) is 2.54. The highest BCUT2D eigenvalue weighted by atomic mass is 32.1. The molecular formula is C12H9N5S. The Labute approximate surface area is 108 Å². The normalized spacial score (nSPS) is 10.7. The Hall–Kier alpha value is -2.26. The minimum Gasteiger partial charge on any atom is -0.269 e. The lowest BCUT2D eigenvalue weighted by Crippen LogP contribution is -2.00. The summed E-state index contributed by atoms with van der Waals surface area (Å²) < 4.78 is 6.09. The van der Waals surface area contributed by atoms with E-state index < -0.39 is 0 Å². The highest BCUT2D eigenvalue weighted by Gasteiger charge is 2.14. The number of aryl methyl sites for hydroxylation is 1. The number of nitrogens with zero attached hydrogens (tertiary/aromatic N) is 5. The predicted octanol–water partition coefficient (Wildman–Crippen LogP) is 2.25.